The summed E-state index contributed by atoms with van der Waals surface area (Å²) in [6, 6.07) is 1.54. The molecule has 17 heavy (non-hydrogen) atoms. The van der Waals surface area contributed by atoms with Gasteiger partial charge in [-0.25, -0.2) is 0 Å². The van der Waals surface area contributed by atoms with E-state index in [2.05, 4.69) is 24.2 Å². The number of piperidine rings is 1. The lowest BCUT2D eigenvalue weighted by Crippen LogP contribution is -2.44. The second-order valence-corrected chi connectivity index (χ2v) is 6.28. The fourth-order valence-electron chi connectivity index (χ4n) is 3.48. The van der Waals surface area contributed by atoms with E-state index in [0.717, 1.165) is 18.0 Å². The summed E-state index contributed by atoms with van der Waals surface area (Å²) in [4.78, 5) is 2.47. The molecule has 100 valence electrons. The first kappa shape index (κ1) is 13.4. The number of likely N-dealkylation sites (tertiary alicyclic amines) is 1. The fraction of sp³-hybridized carbons (Fsp3) is 1.00. The summed E-state index contributed by atoms with van der Waals surface area (Å²) in [6.07, 6.45) is 11.4. The molecule has 1 saturated heterocycles. The fourth-order valence-corrected chi connectivity index (χ4v) is 3.48. The number of hydrogen-bond acceptors (Lipinski definition) is 2. The minimum atomic E-state index is 0.729. The van der Waals surface area contributed by atoms with E-state index in [4.69, 9.17) is 0 Å². The van der Waals surface area contributed by atoms with Gasteiger partial charge in [-0.3, -0.25) is 0 Å². The van der Waals surface area contributed by atoms with Crippen molar-refractivity contribution in [2.45, 2.75) is 70.4 Å². The van der Waals surface area contributed by atoms with Gasteiger partial charge in [0, 0.05) is 12.1 Å². The van der Waals surface area contributed by atoms with Gasteiger partial charge in [-0.2, -0.15) is 0 Å². The Hall–Kier alpha value is -0.0800. The highest BCUT2D eigenvalue weighted by molar-refractivity contribution is 4.82. The molecule has 1 N–H and O–H groups in total. The third kappa shape index (κ3) is 4.26. The summed E-state index contributed by atoms with van der Waals surface area (Å²) in [5.74, 6) is 0.912. The molecule has 2 heteroatoms. The molecule has 0 bridgehead atoms. The van der Waals surface area contributed by atoms with E-state index in [-0.39, 0.29) is 0 Å². The maximum Gasteiger partial charge on any atom is 0.00705 e. The Balaban J connectivity index is 1.73. The van der Waals surface area contributed by atoms with E-state index in [1.165, 1.54) is 64.5 Å². The molecule has 0 amide bonds. The Kier molecular flexibility index (Phi) is 5.30. The molecule has 1 heterocycles. The van der Waals surface area contributed by atoms with Crippen LogP contribution in [0.15, 0.2) is 0 Å². The van der Waals surface area contributed by atoms with Crippen molar-refractivity contribution >= 4 is 0 Å². The lowest BCUT2D eigenvalue weighted by Gasteiger charge is -2.35. The van der Waals surface area contributed by atoms with E-state index in [1.807, 2.05) is 0 Å². The van der Waals surface area contributed by atoms with E-state index in [1.54, 1.807) is 0 Å². The zero-order valence-electron chi connectivity index (χ0n) is 11.8. The smallest absolute Gasteiger partial charge is 0.00705 e. The van der Waals surface area contributed by atoms with Gasteiger partial charge in [-0.1, -0.05) is 25.7 Å². The van der Waals surface area contributed by atoms with Gasteiger partial charge in [0.1, 0.15) is 0 Å². The lowest BCUT2D eigenvalue weighted by atomic mass is 9.89. The van der Waals surface area contributed by atoms with E-state index in [9.17, 15) is 0 Å². The normalized spacial score (nSPS) is 27.9. The Bertz CT molecular complexity index is 201. The minimum absolute atomic E-state index is 0.729. The van der Waals surface area contributed by atoms with E-state index >= 15 is 0 Å². The monoisotopic (exact) mass is 238 g/mol. The predicted molar refractivity (Wildman–Crippen MR) is 74.3 cm³/mol. The highest BCUT2D eigenvalue weighted by Gasteiger charge is 2.24. The van der Waals surface area contributed by atoms with Crippen LogP contribution in [0.5, 0.6) is 0 Å². The summed E-state index contributed by atoms with van der Waals surface area (Å²) in [6.45, 7) is 5.00. The van der Waals surface area contributed by atoms with Crippen molar-refractivity contribution in [3.8, 4) is 0 Å². The minimum Gasteiger partial charge on any atom is -0.311 e. The Morgan fingerprint density at radius 3 is 2.12 bits per heavy atom. The van der Waals surface area contributed by atoms with Crippen molar-refractivity contribution in [2.24, 2.45) is 5.92 Å². The maximum atomic E-state index is 3.92. The van der Waals surface area contributed by atoms with Crippen molar-refractivity contribution in [3.05, 3.63) is 0 Å². The van der Waals surface area contributed by atoms with Crippen molar-refractivity contribution in [1.29, 1.82) is 0 Å². The van der Waals surface area contributed by atoms with Gasteiger partial charge < -0.3 is 10.2 Å². The van der Waals surface area contributed by atoms with E-state index in [0.29, 0.717) is 0 Å². The van der Waals surface area contributed by atoms with Gasteiger partial charge in [0.2, 0.25) is 0 Å². The molecular weight excluding hydrogens is 208 g/mol. The topological polar surface area (TPSA) is 15.3 Å². The molecule has 1 atom stereocenters. The van der Waals surface area contributed by atoms with Gasteiger partial charge in [0.05, 0.1) is 0 Å². The number of rotatable bonds is 3. The molecule has 0 aromatic carbocycles. The van der Waals surface area contributed by atoms with Crippen molar-refractivity contribution in [2.75, 3.05) is 20.1 Å². The molecule has 0 aromatic rings. The second kappa shape index (κ2) is 6.75. The van der Waals surface area contributed by atoms with E-state index < -0.39 is 0 Å². The summed E-state index contributed by atoms with van der Waals surface area (Å²) in [5, 5.41) is 3.92. The Labute approximate surface area is 107 Å². The second-order valence-electron chi connectivity index (χ2n) is 6.28. The van der Waals surface area contributed by atoms with Crippen LogP contribution >= 0.6 is 0 Å². The van der Waals surface area contributed by atoms with Crippen LogP contribution in [-0.2, 0) is 0 Å². The molecule has 1 saturated carbocycles. The predicted octanol–water partition coefficient (Wildman–Crippen LogP) is 3.03. The molecule has 2 rings (SSSR count). The summed E-state index contributed by atoms with van der Waals surface area (Å²) in [5.41, 5.74) is 0. The molecule has 2 fully saturated rings. The van der Waals surface area contributed by atoms with Crippen LogP contribution in [0, 0.1) is 5.92 Å². The number of nitrogens with one attached hydrogen (secondary N) is 1. The molecule has 1 unspecified atom stereocenters. The maximum absolute atomic E-state index is 3.92. The molecule has 2 nitrogen and oxygen atoms in total. The van der Waals surface area contributed by atoms with Crippen LogP contribution < -0.4 is 5.32 Å². The van der Waals surface area contributed by atoms with Crippen LogP contribution in [0.2, 0.25) is 0 Å². The molecule has 0 spiro atoms. The van der Waals surface area contributed by atoms with Crippen molar-refractivity contribution in [1.82, 2.24) is 10.2 Å². The van der Waals surface area contributed by atoms with Gasteiger partial charge in [0.15, 0.2) is 0 Å². The Morgan fingerprint density at radius 1 is 0.941 bits per heavy atom. The van der Waals surface area contributed by atoms with Crippen LogP contribution in [-0.4, -0.2) is 37.1 Å². The SMILES string of the molecule is CC(NC1CCCCCC1)C1CCN(C)CC1. The van der Waals surface area contributed by atoms with Gasteiger partial charge >= 0.3 is 0 Å². The number of hydrogen-bond donors (Lipinski definition) is 1. The van der Waals surface area contributed by atoms with Gasteiger partial charge in [-0.05, 0) is 58.7 Å². The highest BCUT2D eigenvalue weighted by Crippen LogP contribution is 2.23. The third-order valence-corrected chi connectivity index (χ3v) is 4.82. The van der Waals surface area contributed by atoms with Crippen LogP contribution in [0.1, 0.15) is 58.3 Å². The largest absolute Gasteiger partial charge is 0.311 e. The van der Waals surface area contributed by atoms with Crippen molar-refractivity contribution in [3.63, 3.8) is 0 Å². The van der Waals surface area contributed by atoms with Crippen LogP contribution in [0.4, 0.5) is 0 Å². The lowest BCUT2D eigenvalue weighted by molar-refractivity contribution is 0.182. The molecule has 0 aromatic heterocycles. The number of nitrogens with zero attached hydrogens (tertiary/aromatic N) is 1. The standard InChI is InChI=1S/C15H30N2/c1-13(14-9-11-17(2)12-10-14)16-15-7-5-3-4-6-8-15/h13-16H,3-12H2,1-2H3. The summed E-state index contributed by atoms with van der Waals surface area (Å²) in [7, 11) is 2.25. The Morgan fingerprint density at radius 2 is 1.53 bits per heavy atom. The zero-order chi connectivity index (χ0) is 12.1. The first-order valence-electron chi connectivity index (χ1n) is 7.70. The third-order valence-electron chi connectivity index (χ3n) is 4.82. The van der Waals surface area contributed by atoms with Crippen LogP contribution in [0.25, 0.3) is 0 Å². The highest BCUT2D eigenvalue weighted by atomic mass is 15.1. The van der Waals surface area contributed by atoms with Gasteiger partial charge in [-0.15, -0.1) is 0 Å². The van der Waals surface area contributed by atoms with Crippen LogP contribution in [0.3, 0.4) is 0 Å². The van der Waals surface area contributed by atoms with Gasteiger partial charge in [0.25, 0.3) is 0 Å². The average Bonchev–Trinajstić information content (AvgIpc) is 2.58. The molecule has 1 aliphatic carbocycles. The molecular formula is C15H30N2. The first-order valence-corrected chi connectivity index (χ1v) is 7.70. The quantitative estimate of drug-likeness (QED) is 0.760. The average molecular weight is 238 g/mol. The zero-order valence-corrected chi connectivity index (χ0v) is 11.8. The molecule has 1 aliphatic heterocycles. The molecule has 2 aliphatic rings. The summed E-state index contributed by atoms with van der Waals surface area (Å²) >= 11 is 0. The molecule has 0 radical (unpaired) electrons. The van der Waals surface area contributed by atoms with Crippen molar-refractivity contribution < 1.29 is 0 Å². The summed E-state index contributed by atoms with van der Waals surface area (Å²) < 4.78 is 0. The first-order chi connectivity index (χ1) is 8.25.